The molecule has 0 aliphatic carbocycles. The van der Waals surface area contributed by atoms with Crippen molar-refractivity contribution < 1.29 is 27.8 Å². The molecule has 0 radical (unpaired) electrons. The molecule has 1 fully saturated rings. The monoisotopic (exact) mass is 386 g/mol. The molecule has 0 unspecified atom stereocenters. The Morgan fingerprint density at radius 3 is 2.88 bits per heavy atom. The van der Waals surface area contributed by atoms with Crippen LogP contribution < -0.4 is 10.0 Å². The number of aromatic carboxylic acids is 1. The molecule has 1 aromatic carbocycles. The van der Waals surface area contributed by atoms with Gasteiger partial charge in [0.15, 0.2) is 0 Å². The number of hydrogen-bond donors (Lipinski definition) is 3. The molecular weight excluding hydrogens is 360 g/mol. The molecule has 1 saturated heterocycles. The summed E-state index contributed by atoms with van der Waals surface area (Å²) in [6.45, 7) is 4.41. The maximum atomic E-state index is 12.7. The van der Waals surface area contributed by atoms with E-state index in [-0.39, 0.29) is 23.1 Å². The maximum absolute atomic E-state index is 12.7. The van der Waals surface area contributed by atoms with E-state index < -0.39 is 16.0 Å². The van der Waals surface area contributed by atoms with Crippen LogP contribution in [0.15, 0.2) is 23.1 Å². The number of sulfonamides is 1. The van der Waals surface area contributed by atoms with Crippen LogP contribution in [0.1, 0.15) is 36.5 Å². The Balaban J connectivity index is 2.12. The molecule has 0 bridgehead atoms. The molecule has 146 valence electrons. The molecule has 0 spiro atoms. The van der Waals surface area contributed by atoms with Crippen molar-refractivity contribution in [2.24, 2.45) is 0 Å². The second-order valence-corrected chi connectivity index (χ2v) is 7.72. The Bertz CT molecular complexity index is 701. The Morgan fingerprint density at radius 1 is 1.42 bits per heavy atom. The van der Waals surface area contributed by atoms with E-state index in [1.165, 1.54) is 18.2 Å². The maximum Gasteiger partial charge on any atom is 0.335 e. The molecule has 0 saturated carbocycles. The SMILES string of the molecule is CCOCCCNc1ccc(C(=O)O)cc1S(=O)(=O)NC[C@H]1CCCO1. The third-order valence-corrected chi connectivity index (χ3v) is 5.49. The zero-order valence-electron chi connectivity index (χ0n) is 14.9. The highest BCUT2D eigenvalue weighted by atomic mass is 32.2. The van der Waals surface area contributed by atoms with Crippen molar-refractivity contribution in [3.8, 4) is 0 Å². The Labute approximate surface area is 153 Å². The average Bonchev–Trinajstić information content (AvgIpc) is 3.13. The lowest BCUT2D eigenvalue weighted by Gasteiger charge is -2.16. The number of benzene rings is 1. The second kappa shape index (κ2) is 9.86. The van der Waals surface area contributed by atoms with Crippen molar-refractivity contribution >= 4 is 21.7 Å². The molecule has 1 heterocycles. The number of hydrogen-bond acceptors (Lipinski definition) is 6. The van der Waals surface area contributed by atoms with Crippen LogP contribution in [0.3, 0.4) is 0 Å². The Kier molecular flexibility index (Phi) is 7.83. The summed E-state index contributed by atoms with van der Waals surface area (Å²) >= 11 is 0. The molecule has 8 nitrogen and oxygen atoms in total. The van der Waals surface area contributed by atoms with E-state index in [9.17, 15) is 13.2 Å². The lowest BCUT2D eigenvalue weighted by molar-refractivity contribution is 0.0696. The molecule has 1 aliphatic rings. The molecule has 2 rings (SSSR count). The van der Waals surface area contributed by atoms with Crippen LogP contribution in [0.25, 0.3) is 0 Å². The van der Waals surface area contributed by atoms with Gasteiger partial charge in [-0.1, -0.05) is 0 Å². The van der Waals surface area contributed by atoms with Crippen molar-refractivity contribution in [3.63, 3.8) is 0 Å². The van der Waals surface area contributed by atoms with Crippen LogP contribution in [0, 0.1) is 0 Å². The van der Waals surface area contributed by atoms with Gasteiger partial charge < -0.3 is 19.9 Å². The fourth-order valence-corrected chi connectivity index (χ4v) is 3.92. The van der Waals surface area contributed by atoms with Gasteiger partial charge >= 0.3 is 5.97 Å². The molecule has 1 atom stereocenters. The zero-order valence-corrected chi connectivity index (χ0v) is 15.7. The summed E-state index contributed by atoms with van der Waals surface area (Å²) < 4.78 is 38.6. The van der Waals surface area contributed by atoms with E-state index in [1.807, 2.05) is 6.92 Å². The van der Waals surface area contributed by atoms with E-state index in [0.717, 1.165) is 12.8 Å². The molecular formula is C17H26N2O6S. The topological polar surface area (TPSA) is 114 Å². The Morgan fingerprint density at radius 2 is 2.23 bits per heavy atom. The lowest BCUT2D eigenvalue weighted by atomic mass is 10.2. The van der Waals surface area contributed by atoms with E-state index >= 15 is 0 Å². The number of nitrogens with one attached hydrogen (secondary N) is 2. The zero-order chi connectivity index (χ0) is 19.0. The third-order valence-electron chi connectivity index (χ3n) is 4.03. The van der Waals surface area contributed by atoms with Gasteiger partial charge in [-0.2, -0.15) is 0 Å². The number of anilines is 1. The first-order valence-electron chi connectivity index (χ1n) is 8.74. The molecule has 26 heavy (non-hydrogen) atoms. The molecule has 9 heteroatoms. The van der Waals surface area contributed by atoms with E-state index in [1.54, 1.807) is 0 Å². The van der Waals surface area contributed by atoms with Gasteiger partial charge in [-0.15, -0.1) is 0 Å². The van der Waals surface area contributed by atoms with Crippen molar-refractivity contribution in [1.82, 2.24) is 4.72 Å². The van der Waals surface area contributed by atoms with Crippen molar-refractivity contribution in [1.29, 1.82) is 0 Å². The van der Waals surface area contributed by atoms with Crippen LogP contribution in [0.5, 0.6) is 0 Å². The van der Waals surface area contributed by atoms with E-state index in [4.69, 9.17) is 14.6 Å². The fourth-order valence-electron chi connectivity index (χ4n) is 2.65. The summed E-state index contributed by atoms with van der Waals surface area (Å²) in [7, 11) is -3.87. The summed E-state index contributed by atoms with van der Waals surface area (Å²) in [4.78, 5) is 11.1. The number of carboxylic acid groups (broad SMARTS) is 1. The highest BCUT2D eigenvalue weighted by Crippen LogP contribution is 2.23. The largest absolute Gasteiger partial charge is 0.478 e. The predicted molar refractivity (Wildman–Crippen MR) is 97.2 cm³/mol. The van der Waals surface area contributed by atoms with Crippen LogP contribution in [0.2, 0.25) is 0 Å². The van der Waals surface area contributed by atoms with Gasteiger partial charge in [0.05, 0.1) is 17.4 Å². The van der Waals surface area contributed by atoms with Crippen LogP contribution >= 0.6 is 0 Å². The van der Waals surface area contributed by atoms with Gasteiger partial charge in [0.2, 0.25) is 10.0 Å². The Hall–Kier alpha value is -1.68. The minimum absolute atomic E-state index is 0.0770. The smallest absolute Gasteiger partial charge is 0.335 e. The van der Waals surface area contributed by atoms with Gasteiger partial charge in [-0.25, -0.2) is 17.9 Å². The van der Waals surface area contributed by atoms with E-state index in [2.05, 4.69) is 10.0 Å². The lowest BCUT2D eigenvalue weighted by Crippen LogP contribution is -2.32. The van der Waals surface area contributed by atoms with Gasteiger partial charge in [-0.3, -0.25) is 0 Å². The van der Waals surface area contributed by atoms with Crippen molar-refractivity contribution in [3.05, 3.63) is 23.8 Å². The summed E-state index contributed by atoms with van der Waals surface area (Å²) in [6, 6.07) is 4.03. The summed E-state index contributed by atoms with van der Waals surface area (Å²) in [5.41, 5.74) is 0.286. The summed E-state index contributed by atoms with van der Waals surface area (Å²) in [5.74, 6) is -1.18. The molecule has 1 aromatic rings. The highest BCUT2D eigenvalue weighted by molar-refractivity contribution is 7.89. The van der Waals surface area contributed by atoms with Crippen LogP contribution in [-0.4, -0.2) is 58.5 Å². The molecule has 0 amide bonds. The fraction of sp³-hybridized carbons (Fsp3) is 0.588. The van der Waals surface area contributed by atoms with Crippen LogP contribution in [-0.2, 0) is 19.5 Å². The molecule has 1 aliphatic heterocycles. The van der Waals surface area contributed by atoms with E-state index in [0.29, 0.717) is 38.5 Å². The highest BCUT2D eigenvalue weighted by Gasteiger charge is 2.23. The number of carbonyl (C=O) groups is 1. The average molecular weight is 386 g/mol. The van der Waals surface area contributed by atoms with Crippen molar-refractivity contribution in [2.75, 3.05) is 38.2 Å². The molecule has 0 aromatic heterocycles. The normalized spacial score (nSPS) is 17.3. The number of ether oxygens (including phenoxy) is 2. The minimum atomic E-state index is -3.87. The first-order valence-corrected chi connectivity index (χ1v) is 10.2. The minimum Gasteiger partial charge on any atom is -0.478 e. The second-order valence-electron chi connectivity index (χ2n) is 5.98. The van der Waals surface area contributed by atoms with Gasteiger partial charge in [0, 0.05) is 32.9 Å². The third kappa shape index (κ3) is 5.94. The van der Waals surface area contributed by atoms with Crippen LogP contribution in [0.4, 0.5) is 5.69 Å². The first-order chi connectivity index (χ1) is 12.4. The summed E-state index contributed by atoms with van der Waals surface area (Å²) in [6.07, 6.45) is 2.28. The standard InChI is InChI=1S/C17H26N2O6S/c1-2-24-9-4-8-18-15-7-6-13(17(20)21)11-16(15)26(22,23)19-12-14-5-3-10-25-14/h6-7,11,14,18-19H,2-5,8-10,12H2,1H3,(H,20,21)/t14-/m1/s1. The van der Waals surface area contributed by atoms with Crippen molar-refractivity contribution in [2.45, 2.75) is 37.2 Å². The van der Waals surface area contributed by atoms with Gasteiger partial charge in [0.25, 0.3) is 0 Å². The van der Waals surface area contributed by atoms with Gasteiger partial charge in [0.1, 0.15) is 4.90 Å². The number of rotatable bonds is 11. The number of carboxylic acids is 1. The predicted octanol–water partition coefficient (Wildman–Crippen LogP) is 1.68. The summed E-state index contributed by atoms with van der Waals surface area (Å²) in [5, 5.41) is 12.2. The molecule has 3 N–H and O–H groups in total. The quantitative estimate of drug-likeness (QED) is 0.496. The van der Waals surface area contributed by atoms with Gasteiger partial charge in [-0.05, 0) is 44.4 Å². The first kappa shape index (κ1) is 20.6.